The molecule has 1 aromatic carbocycles. The molecule has 0 aliphatic rings. The molecule has 0 saturated carbocycles. The second-order valence-electron chi connectivity index (χ2n) is 5.02. The molecule has 0 bridgehead atoms. The van der Waals surface area contributed by atoms with E-state index in [9.17, 15) is 8.42 Å². The summed E-state index contributed by atoms with van der Waals surface area (Å²) in [4.78, 5) is 1.22. The summed E-state index contributed by atoms with van der Waals surface area (Å²) in [6, 6.07) is 9.46. The molecule has 2 aromatic rings. The number of anilines is 2. The van der Waals surface area contributed by atoms with Gasteiger partial charge in [-0.15, -0.1) is 11.3 Å². The van der Waals surface area contributed by atoms with Crippen LogP contribution in [0.2, 0.25) is 0 Å². The molecule has 0 unspecified atom stereocenters. The summed E-state index contributed by atoms with van der Waals surface area (Å²) < 4.78 is 27.3. The summed E-state index contributed by atoms with van der Waals surface area (Å²) in [6.07, 6.45) is 0.597. The van der Waals surface area contributed by atoms with Gasteiger partial charge < -0.3 is 5.32 Å². The second kappa shape index (κ2) is 7.48. The highest BCUT2D eigenvalue weighted by molar-refractivity contribution is 9.11. The molecule has 0 aliphatic heterocycles. The van der Waals surface area contributed by atoms with Gasteiger partial charge in [0.15, 0.2) is 0 Å². The Morgan fingerprint density at radius 3 is 2.59 bits per heavy atom. The van der Waals surface area contributed by atoms with Crippen molar-refractivity contribution in [1.82, 2.24) is 0 Å². The Hall–Kier alpha value is -1.05. The standard InChI is InChI=1S/C15H19BrN2O2S2/c1-3-7-22(19,20)18-13-6-4-5-12(9-13)17-10-14-8-11(2)15(16)21-14/h4-6,8-9,17-18H,3,7,10H2,1-2H3. The van der Waals surface area contributed by atoms with Crippen LogP contribution in [-0.2, 0) is 16.6 Å². The van der Waals surface area contributed by atoms with Gasteiger partial charge in [0.25, 0.3) is 0 Å². The minimum atomic E-state index is -3.25. The molecule has 0 aliphatic carbocycles. The van der Waals surface area contributed by atoms with E-state index in [0.717, 1.165) is 9.47 Å². The SMILES string of the molecule is CCCS(=O)(=O)Nc1cccc(NCc2cc(C)c(Br)s2)c1. The fraction of sp³-hybridized carbons (Fsp3) is 0.333. The third kappa shape index (κ3) is 5.00. The van der Waals surface area contributed by atoms with E-state index < -0.39 is 10.0 Å². The van der Waals surface area contributed by atoms with Crippen LogP contribution in [0.5, 0.6) is 0 Å². The van der Waals surface area contributed by atoms with Crippen molar-refractivity contribution in [2.75, 3.05) is 15.8 Å². The third-order valence-corrected chi connectivity index (χ3v) is 6.61. The molecule has 0 spiro atoms. The third-order valence-electron chi connectivity index (χ3n) is 2.98. The molecule has 120 valence electrons. The quantitative estimate of drug-likeness (QED) is 0.711. The predicted molar refractivity (Wildman–Crippen MR) is 98.2 cm³/mol. The average Bonchev–Trinajstić information content (AvgIpc) is 2.75. The Kier molecular flexibility index (Phi) is 5.88. The van der Waals surface area contributed by atoms with Crippen LogP contribution in [0, 0.1) is 6.92 Å². The lowest BCUT2D eigenvalue weighted by molar-refractivity contribution is 0.600. The highest BCUT2D eigenvalue weighted by Crippen LogP contribution is 2.28. The van der Waals surface area contributed by atoms with Crippen molar-refractivity contribution in [3.8, 4) is 0 Å². The van der Waals surface area contributed by atoms with E-state index in [2.05, 4.69) is 39.0 Å². The van der Waals surface area contributed by atoms with Crippen LogP contribution in [0.1, 0.15) is 23.8 Å². The summed E-state index contributed by atoms with van der Waals surface area (Å²) in [5, 5.41) is 3.31. The van der Waals surface area contributed by atoms with Gasteiger partial charge >= 0.3 is 0 Å². The Morgan fingerprint density at radius 2 is 1.95 bits per heavy atom. The first-order chi connectivity index (χ1) is 10.4. The number of hydrogen-bond donors (Lipinski definition) is 2. The summed E-state index contributed by atoms with van der Waals surface area (Å²) >= 11 is 5.21. The maximum Gasteiger partial charge on any atom is 0.232 e. The molecule has 0 amide bonds. The first-order valence-corrected chi connectivity index (χ1v) is 10.2. The molecular weight excluding hydrogens is 384 g/mol. The molecule has 0 saturated heterocycles. The maximum absolute atomic E-state index is 11.8. The fourth-order valence-corrected chi connectivity index (χ4v) is 4.69. The van der Waals surface area contributed by atoms with Crippen LogP contribution >= 0.6 is 27.3 Å². The van der Waals surface area contributed by atoms with Gasteiger partial charge in [0, 0.05) is 17.1 Å². The molecule has 0 radical (unpaired) electrons. The number of hydrogen-bond acceptors (Lipinski definition) is 4. The topological polar surface area (TPSA) is 58.2 Å². The van der Waals surface area contributed by atoms with Crippen LogP contribution in [0.4, 0.5) is 11.4 Å². The molecule has 0 atom stereocenters. The number of aryl methyl sites for hydroxylation is 1. The zero-order valence-corrected chi connectivity index (χ0v) is 15.7. The summed E-state index contributed by atoms with van der Waals surface area (Å²) in [5.41, 5.74) is 2.70. The van der Waals surface area contributed by atoms with Gasteiger partial charge in [0.1, 0.15) is 0 Å². The first kappa shape index (κ1) is 17.3. The highest BCUT2D eigenvalue weighted by atomic mass is 79.9. The molecule has 2 rings (SSSR count). The van der Waals surface area contributed by atoms with Gasteiger partial charge in [-0.1, -0.05) is 13.0 Å². The number of thiophene rings is 1. The monoisotopic (exact) mass is 402 g/mol. The average molecular weight is 403 g/mol. The van der Waals surface area contributed by atoms with Crippen LogP contribution in [0.25, 0.3) is 0 Å². The molecule has 22 heavy (non-hydrogen) atoms. The zero-order chi connectivity index (χ0) is 16.2. The highest BCUT2D eigenvalue weighted by Gasteiger charge is 2.09. The number of halogens is 1. The second-order valence-corrected chi connectivity index (χ2v) is 9.32. The van der Waals surface area contributed by atoms with E-state index in [-0.39, 0.29) is 5.75 Å². The summed E-state index contributed by atoms with van der Waals surface area (Å²) in [7, 11) is -3.25. The predicted octanol–water partition coefficient (Wildman–Crippen LogP) is 4.58. The van der Waals surface area contributed by atoms with E-state index in [4.69, 9.17) is 0 Å². The summed E-state index contributed by atoms with van der Waals surface area (Å²) in [6.45, 7) is 4.62. The van der Waals surface area contributed by atoms with Crippen molar-refractivity contribution in [3.05, 3.63) is 44.6 Å². The number of rotatable bonds is 7. The van der Waals surface area contributed by atoms with Crippen LogP contribution < -0.4 is 10.0 Å². The van der Waals surface area contributed by atoms with Gasteiger partial charge in [-0.25, -0.2) is 8.42 Å². The van der Waals surface area contributed by atoms with Crippen molar-refractivity contribution in [2.45, 2.75) is 26.8 Å². The smallest absolute Gasteiger partial charge is 0.232 e. The van der Waals surface area contributed by atoms with Crippen molar-refractivity contribution in [2.24, 2.45) is 0 Å². The first-order valence-electron chi connectivity index (χ1n) is 6.99. The molecule has 1 heterocycles. The number of sulfonamides is 1. The minimum Gasteiger partial charge on any atom is -0.380 e. The summed E-state index contributed by atoms with van der Waals surface area (Å²) in [5.74, 6) is 0.132. The molecular formula is C15H19BrN2O2S2. The van der Waals surface area contributed by atoms with Crippen LogP contribution in [-0.4, -0.2) is 14.2 Å². The Morgan fingerprint density at radius 1 is 1.23 bits per heavy atom. The zero-order valence-electron chi connectivity index (χ0n) is 12.5. The largest absolute Gasteiger partial charge is 0.380 e. The van der Waals surface area contributed by atoms with Gasteiger partial charge in [0.2, 0.25) is 10.0 Å². The Balaban J connectivity index is 2.02. The lowest BCUT2D eigenvalue weighted by Gasteiger charge is -2.10. The van der Waals surface area contributed by atoms with Crippen molar-refractivity contribution in [3.63, 3.8) is 0 Å². The maximum atomic E-state index is 11.8. The van der Waals surface area contributed by atoms with E-state index in [1.165, 1.54) is 10.4 Å². The molecule has 0 fully saturated rings. The van der Waals surface area contributed by atoms with E-state index in [1.807, 2.05) is 25.1 Å². The lowest BCUT2D eigenvalue weighted by atomic mass is 10.3. The van der Waals surface area contributed by atoms with E-state index in [1.54, 1.807) is 17.4 Å². The minimum absolute atomic E-state index is 0.132. The van der Waals surface area contributed by atoms with Gasteiger partial charge in [-0.3, -0.25) is 4.72 Å². The lowest BCUT2D eigenvalue weighted by Crippen LogP contribution is -2.16. The van der Waals surface area contributed by atoms with Gasteiger partial charge in [-0.05, 0) is 59.1 Å². The van der Waals surface area contributed by atoms with Crippen molar-refractivity contribution < 1.29 is 8.42 Å². The molecule has 4 nitrogen and oxygen atoms in total. The Bertz CT molecular complexity index is 722. The van der Waals surface area contributed by atoms with Gasteiger partial charge in [-0.2, -0.15) is 0 Å². The van der Waals surface area contributed by atoms with Crippen LogP contribution in [0.3, 0.4) is 0 Å². The van der Waals surface area contributed by atoms with Crippen molar-refractivity contribution in [1.29, 1.82) is 0 Å². The van der Waals surface area contributed by atoms with Crippen molar-refractivity contribution >= 4 is 48.7 Å². The van der Waals surface area contributed by atoms with E-state index >= 15 is 0 Å². The van der Waals surface area contributed by atoms with Crippen LogP contribution in [0.15, 0.2) is 34.1 Å². The van der Waals surface area contributed by atoms with E-state index in [0.29, 0.717) is 18.7 Å². The van der Waals surface area contributed by atoms with Gasteiger partial charge in [0.05, 0.1) is 15.2 Å². The molecule has 1 aromatic heterocycles. The molecule has 2 N–H and O–H groups in total. The Labute approximate surface area is 144 Å². The number of benzene rings is 1. The number of nitrogens with one attached hydrogen (secondary N) is 2. The molecule has 7 heteroatoms. The normalized spacial score (nSPS) is 11.4. The fourth-order valence-electron chi connectivity index (χ4n) is 1.99.